The average Bonchev–Trinajstić information content (AvgIpc) is 2.56. The molecule has 2 N–H and O–H groups in total. The highest BCUT2D eigenvalue weighted by atomic mass is 35.5. The Morgan fingerprint density at radius 2 is 1.74 bits per heavy atom. The summed E-state index contributed by atoms with van der Waals surface area (Å²) in [7, 11) is 0. The molecule has 1 saturated heterocycles. The van der Waals surface area contributed by atoms with Crippen LogP contribution < -0.4 is 0 Å². The van der Waals surface area contributed by atoms with Gasteiger partial charge in [0.1, 0.15) is 5.15 Å². The molecule has 9 heteroatoms. The van der Waals surface area contributed by atoms with Crippen LogP contribution in [0.5, 0.6) is 0 Å². The van der Waals surface area contributed by atoms with Crippen molar-refractivity contribution in [1.29, 1.82) is 0 Å². The normalized spacial score (nSPS) is 27.3. The topological polar surface area (TPSA) is 90.7 Å². The smallest absolute Gasteiger partial charge is 0.407 e. The number of pyridine rings is 1. The number of halogens is 3. The fourth-order valence-electron chi connectivity index (χ4n) is 5.65. The molecular weight excluding hydrogens is 446 g/mol. The summed E-state index contributed by atoms with van der Waals surface area (Å²) in [6, 6.07) is 0.554. The second kappa shape index (κ2) is 8.39. The van der Waals surface area contributed by atoms with Crippen LogP contribution in [0.4, 0.5) is 9.18 Å². The van der Waals surface area contributed by atoms with E-state index < -0.39 is 52.0 Å². The molecule has 1 aliphatic rings. The Bertz CT molecular complexity index is 881. The van der Waals surface area contributed by atoms with Gasteiger partial charge in [-0.3, -0.25) is 4.79 Å². The maximum Gasteiger partial charge on any atom is 0.407 e. The molecule has 2 unspecified atom stereocenters. The van der Waals surface area contributed by atoms with Crippen LogP contribution in [-0.2, 0) is 11.2 Å². The predicted molar refractivity (Wildman–Crippen MR) is 118 cm³/mol. The highest BCUT2D eigenvalue weighted by molar-refractivity contribution is 6.34. The Kier molecular flexibility index (Phi) is 6.95. The van der Waals surface area contributed by atoms with Crippen molar-refractivity contribution in [3.63, 3.8) is 0 Å². The summed E-state index contributed by atoms with van der Waals surface area (Å²) >= 11 is 12.0. The van der Waals surface area contributed by atoms with Crippen molar-refractivity contribution in [2.45, 2.75) is 60.9 Å². The largest absolute Gasteiger partial charge is 0.481 e. The van der Waals surface area contributed by atoms with Crippen LogP contribution in [0.2, 0.25) is 10.2 Å². The molecule has 0 aromatic carbocycles. The number of carboxylic acid groups (broad SMARTS) is 2. The molecule has 174 valence electrons. The molecule has 0 aliphatic carbocycles. The molecule has 2 rings (SSSR count). The zero-order valence-electron chi connectivity index (χ0n) is 19.0. The van der Waals surface area contributed by atoms with Crippen LogP contribution in [0.15, 0.2) is 6.07 Å². The van der Waals surface area contributed by atoms with Gasteiger partial charge in [0, 0.05) is 24.9 Å². The predicted octanol–water partition coefficient (Wildman–Crippen LogP) is 5.85. The zero-order valence-corrected chi connectivity index (χ0v) is 20.5. The van der Waals surface area contributed by atoms with Gasteiger partial charge in [-0.1, -0.05) is 64.7 Å². The Labute approximate surface area is 192 Å². The molecule has 1 amide bonds. The lowest BCUT2D eigenvalue weighted by molar-refractivity contribution is -0.184. The Hall–Kier alpha value is -1.60. The molecule has 0 saturated carbocycles. The minimum Gasteiger partial charge on any atom is -0.481 e. The number of amides is 1. The van der Waals surface area contributed by atoms with E-state index in [9.17, 15) is 24.2 Å². The van der Waals surface area contributed by atoms with E-state index in [-0.39, 0.29) is 28.8 Å². The molecule has 4 atom stereocenters. The molecule has 1 aromatic rings. The van der Waals surface area contributed by atoms with E-state index in [1.807, 2.05) is 41.5 Å². The number of aromatic nitrogens is 1. The van der Waals surface area contributed by atoms with Gasteiger partial charge in [0.05, 0.1) is 16.1 Å². The van der Waals surface area contributed by atoms with Crippen LogP contribution in [0.3, 0.4) is 0 Å². The Balaban J connectivity index is 2.88. The van der Waals surface area contributed by atoms with Gasteiger partial charge in [-0.15, -0.1) is 0 Å². The molecule has 0 radical (unpaired) electrons. The first-order chi connectivity index (χ1) is 13.9. The SMILES string of the molecule is C[C@@H]1C(C(C)(C)C)[C@](Cc2nc(Cl)cc(Cl)c2F)(C(=O)O)C(C(C)(C)C)CN1C(=O)O. The molecule has 2 heterocycles. The molecular formula is C22H31Cl2FN2O4. The lowest BCUT2D eigenvalue weighted by Gasteiger charge is -2.60. The van der Waals surface area contributed by atoms with Crippen molar-refractivity contribution in [3.05, 3.63) is 27.8 Å². The van der Waals surface area contributed by atoms with Gasteiger partial charge in [-0.05, 0) is 29.7 Å². The summed E-state index contributed by atoms with van der Waals surface area (Å²) in [5, 5.41) is 20.3. The number of hydrogen-bond acceptors (Lipinski definition) is 3. The van der Waals surface area contributed by atoms with E-state index in [0.717, 1.165) is 0 Å². The molecule has 1 fully saturated rings. The minimum absolute atomic E-state index is 0.00873. The lowest BCUT2D eigenvalue weighted by Crippen LogP contribution is -2.68. The quantitative estimate of drug-likeness (QED) is 0.533. The van der Waals surface area contributed by atoms with Crippen LogP contribution in [0.25, 0.3) is 0 Å². The molecule has 6 nitrogen and oxygen atoms in total. The first-order valence-corrected chi connectivity index (χ1v) is 10.9. The number of likely N-dealkylation sites (tertiary alicyclic amines) is 1. The van der Waals surface area contributed by atoms with Crippen molar-refractivity contribution >= 4 is 35.3 Å². The Morgan fingerprint density at radius 1 is 1.19 bits per heavy atom. The highest BCUT2D eigenvalue weighted by Crippen LogP contribution is 2.58. The summed E-state index contributed by atoms with van der Waals surface area (Å²) < 4.78 is 15.0. The molecule has 0 bridgehead atoms. The number of aliphatic carboxylic acids is 1. The number of hydrogen-bond donors (Lipinski definition) is 2. The minimum atomic E-state index is -1.51. The summed E-state index contributed by atoms with van der Waals surface area (Å²) in [6.45, 7) is 13.0. The number of piperidine rings is 1. The van der Waals surface area contributed by atoms with E-state index in [4.69, 9.17) is 23.2 Å². The highest BCUT2D eigenvalue weighted by Gasteiger charge is 2.64. The van der Waals surface area contributed by atoms with Crippen molar-refractivity contribution in [2.75, 3.05) is 6.54 Å². The fourth-order valence-corrected chi connectivity index (χ4v) is 6.13. The molecule has 31 heavy (non-hydrogen) atoms. The number of carbonyl (C=O) groups is 2. The van der Waals surface area contributed by atoms with Gasteiger partial charge >= 0.3 is 12.1 Å². The maximum atomic E-state index is 15.0. The van der Waals surface area contributed by atoms with Crippen molar-refractivity contribution in [3.8, 4) is 0 Å². The van der Waals surface area contributed by atoms with E-state index >= 15 is 0 Å². The Morgan fingerprint density at radius 3 is 2.16 bits per heavy atom. The summed E-state index contributed by atoms with van der Waals surface area (Å²) in [5.41, 5.74) is -2.86. The maximum absolute atomic E-state index is 15.0. The molecule has 1 aliphatic heterocycles. The van der Waals surface area contributed by atoms with Gasteiger partial charge < -0.3 is 15.1 Å². The third-order valence-corrected chi connectivity index (χ3v) is 7.03. The monoisotopic (exact) mass is 476 g/mol. The number of nitrogens with zero attached hydrogens (tertiary/aromatic N) is 2. The van der Waals surface area contributed by atoms with Crippen LogP contribution >= 0.6 is 23.2 Å². The fraction of sp³-hybridized carbons (Fsp3) is 0.682. The van der Waals surface area contributed by atoms with Crippen LogP contribution in [0, 0.1) is 33.9 Å². The van der Waals surface area contributed by atoms with E-state index in [1.54, 1.807) is 6.92 Å². The first-order valence-electron chi connectivity index (χ1n) is 10.2. The van der Waals surface area contributed by atoms with Crippen molar-refractivity contribution in [2.24, 2.45) is 28.1 Å². The van der Waals surface area contributed by atoms with E-state index in [2.05, 4.69) is 4.98 Å². The third-order valence-electron chi connectivity index (χ3n) is 6.56. The number of carboxylic acids is 1. The van der Waals surface area contributed by atoms with Gasteiger partial charge in [0.2, 0.25) is 0 Å². The van der Waals surface area contributed by atoms with Gasteiger partial charge in [0.15, 0.2) is 5.82 Å². The van der Waals surface area contributed by atoms with Crippen LogP contribution in [0.1, 0.15) is 54.2 Å². The van der Waals surface area contributed by atoms with E-state index in [1.165, 1.54) is 11.0 Å². The van der Waals surface area contributed by atoms with Gasteiger partial charge in [-0.2, -0.15) is 0 Å². The number of rotatable bonds is 3. The van der Waals surface area contributed by atoms with Gasteiger partial charge in [-0.25, -0.2) is 14.2 Å². The second-order valence-corrected chi connectivity index (χ2v) is 11.4. The lowest BCUT2D eigenvalue weighted by atomic mass is 9.48. The molecule has 1 aromatic heterocycles. The summed E-state index contributed by atoms with van der Waals surface area (Å²) in [5.74, 6) is -3.19. The second-order valence-electron chi connectivity index (χ2n) is 10.6. The van der Waals surface area contributed by atoms with Crippen molar-refractivity contribution in [1.82, 2.24) is 9.88 Å². The first kappa shape index (κ1) is 25.7. The summed E-state index contributed by atoms with van der Waals surface area (Å²) in [4.78, 5) is 30.6. The zero-order chi connectivity index (χ0) is 24.1. The van der Waals surface area contributed by atoms with E-state index in [0.29, 0.717) is 0 Å². The third kappa shape index (κ3) is 4.63. The molecule has 0 spiro atoms. The standard InChI is InChI=1S/C22H31Cl2FN2O4/c1-11-17(21(5,6)7)22(18(28)29,9-13-16(25)12(23)8-15(24)26-13)14(20(2,3)4)10-27(11)19(30)31/h8,11,14,17H,9-10H2,1-7H3,(H,28,29)(H,30,31)/t11-,14?,17?,22-/m1/s1. The van der Waals surface area contributed by atoms with Gasteiger partial charge in [0.25, 0.3) is 0 Å². The average molecular weight is 477 g/mol. The van der Waals surface area contributed by atoms with Crippen molar-refractivity contribution < 1.29 is 24.2 Å². The summed E-state index contributed by atoms with van der Waals surface area (Å²) in [6.07, 6.45) is -1.36. The van der Waals surface area contributed by atoms with Crippen LogP contribution in [-0.4, -0.2) is 44.7 Å².